The molecule has 2 aromatic rings. The number of anilines is 1. The highest BCUT2D eigenvalue weighted by atomic mass is 16.7. The van der Waals surface area contributed by atoms with Gasteiger partial charge in [-0.3, -0.25) is 14.6 Å². The fraction of sp³-hybridized carbons (Fsp3) is 0.375. The van der Waals surface area contributed by atoms with E-state index in [9.17, 15) is 4.79 Å². The number of aromatic nitrogens is 4. The highest BCUT2D eigenvalue weighted by molar-refractivity contribution is 5.71. The number of nitrogens with zero attached hydrogens (tertiary/aromatic N) is 3. The van der Waals surface area contributed by atoms with E-state index >= 15 is 0 Å². The molecule has 0 radical (unpaired) electrons. The summed E-state index contributed by atoms with van der Waals surface area (Å²) < 4.78 is 0. The lowest BCUT2D eigenvalue weighted by Gasteiger charge is -2.18. The van der Waals surface area contributed by atoms with Crippen LogP contribution in [0.3, 0.4) is 0 Å². The van der Waals surface area contributed by atoms with Crippen LogP contribution in [0.25, 0.3) is 11.2 Å². The van der Waals surface area contributed by atoms with E-state index in [-0.39, 0.29) is 23.1 Å². The highest BCUT2D eigenvalue weighted by Crippen LogP contribution is 2.11. The molecule has 0 aliphatic rings. The van der Waals surface area contributed by atoms with Crippen LogP contribution in [-0.4, -0.2) is 38.7 Å². The number of imidazole rings is 1. The fourth-order valence-corrected chi connectivity index (χ4v) is 1.34. The normalized spacial score (nSPS) is 10.9. The van der Waals surface area contributed by atoms with Gasteiger partial charge in [0.2, 0.25) is 5.95 Å². The molecular formula is C8H12N6O3. The predicted octanol–water partition coefficient (Wildman–Crippen LogP) is -0.756. The summed E-state index contributed by atoms with van der Waals surface area (Å²) in [7, 11) is 1.61. The second-order valence-corrected chi connectivity index (χ2v) is 3.08. The molecule has 4 N–H and O–H groups in total. The zero-order valence-corrected chi connectivity index (χ0v) is 9.31. The summed E-state index contributed by atoms with van der Waals surface area (Å²) in [4.78, 5) is 29.4. The molecule has 2 rings (SSSR count). The van der Waals surface area contributed by atoms with Gasteiger partial charge in [0.15, 0.2) is 11.2 Å². The minimum absolute atomic E-state index is 0.110. The Morgan fingerprint density at radius 3 is 2.88 bits per heavy atom. The molecule has 0 aliphatic heterocycles. The Bertz CT molecular complexity index is 576. The third kappa shape index (κ3) is 2.05. The monoisotopic (exact) mass is 240 g/mol. The molecule has 0 amide bonds. The van der Waals surface area contributed by atoms with Gasteiger partial charge in [-0.2, -0.15) is 9.97 Å². The summed E-state index contributed by atoms with van der Waals surface area (Å²) in [6.07, 6.45) is 0. The van der Waals surface area contributed by atoms with Crippen molar-refractivity contribution in [3.05, 3.63) is 10.4 Å². The van der Waals surface area contributed by atoms with Crippen molar-refractivity contribution in [2.24, 2.45) is 0 Å². The Kier molecular flexibility index (Phi) is 2.93. The van der Waals surface area contributed by atoms with E-state index in [4.69, 9.17) is 9.94 Å². The van der Waals surface area contributed by atoms with E-state index in [0.717, 1.165) is 0 Å². The molecule has 0 saturated heterocycles. The van der Waals surface area contributed by atoms with Crippen molar-refractivity contribution in [2.75, 3.05) is 18.8 Å². The number of H-pyrrole nitrogens is 2. The molecule has 9 heteroatoms. The summed E-state index contributed by atoms with van der Waals surface area (Å²) >= 11 is 0. The lowest BCUT2D eigenvalue weighted by atomic mass is 10.5. The molecule has 17 heavy (non-hydrogen) atoms. The van der Waals surface area contributed by atoms with Crippen LogP contribution in [0, 0.1) is 0 Å². The lowest BCUT2D eigenvalue weighted by Crippen LogP contribution is -2.37. The van der Waals surface area contributed by atoms with Gasteiger partial charge in [0, 0.05) is 7.05 Å². The summed E-state index contributed by atoms with van der Waals surface area (Å²) in [5, 5.41) is 10.4. The molecule has 0 spiro atoms. The van der Waals surface area contributed by atoms with E-state index in [2.05, 4.69) is 25.4 Å². The van der Waals surface area contributed by atoms with Crippen LogP contribution >= 0.6 is 0 Å². The number of rotatable bonds is 4. The number of hydrogen-bond donors (Lipinski definition) is 4. The standard InChI is InChI=1S/C8H12N6O3/c1-3-17-14(9-2)7-11-5-4(6(15)13-7)10-8(16)12-5/h9H,3H2,1-2H3,(H3,10,11,12,13,15,16). The molecule has 0 unspecified atom stereocenters. The van der Waals surface area contributed by atoms with Crippen LogP contribution in [0.1, 0.15) is 6.92 Å². The summed E-state index contributed by atoms with van der Waals surface area (Å²) in [5.41, 5.74) is 2.47. The molecule has 92 valence electrons. The summed E-state index contributed by atoms with van der Waals surface area (Å²) in [5.74, 6) is 0.151. The minimum Gasteiger partial charge on any atom is -0.480 e. The number of aromatic amines is 2. The first kappa shape index (κ1) is 11.4. The topological polar surface area (TPSA) is 119 Å². The van der Waals surface area contributed by atoms with Gasteiger partial charge in [-0.15, -0.1) is 5.17 Å². The zero-order chi connectivity index (χ0) is 12.4. The Labute approximate surface area is 95.4 Å². The summed E-state index contributed by atoms with van der Waals surface area (Å²) in [6, 6.07) is -0.359. The number of fused-ring (bicyclic) bond motifs is 1. The van der Waals surface area contributed by atoms with Gasteiger partial charge in [0.25, 0.3) is 11.6 Å². The third-order valence-corrected chi connectivity index (χ3v) is 1.99. The molecule has 0 bridgehead atoms. The number of hydrazine groups is 1. The van der Waals surface area contributed by atoms with Crippen LogP contribution in [-0.2, 0) is 4.84 Å². The largest absolute Gasteiger partial charge is 0.480 e. The van der Waals surface area contributed by atoms with Gasteiger partial charge in [-0.1, -0.05) is 0 Å². The van der Waals surface area contributed by atoms with Crippen molar-refractivity contribution in [3.63, 3.8) is 0 Å². The second-order valence-electron chi connectivity index (χ2n) is 3.08. The van der Waals surface area contributed by atoms with Crippen molar-refractivity contribution >= 4 is 17.1 Å². The van der Waals surface area contributed by atoms with Crippen molar-refractivity contribution in [2.45, 2.75) is 6.92 Å². The Morgan fingerprint density at radius 2 is 2.24 bits per heavy atom. The quantitative estimate of drug-likeness (QED) is 0.519. The Balaban J connectivity index is 2.51. The van der Waals surface area contributed by atoms with Crippen molar-refractivity contribution in [1.82, 2.24) is 25.4 Å². The second kappa shape index (κ2) is 4.39. The maximum atomic E-state index is 11.6. The molecule has 2 heterocycles. The molecule has 0 atom stereocenters. The number of nitrogens with one attached hydrogen (secondary N) is 3. The highest BCUT2D eigenvalue weighted by Gasteiger charge is 2.13. The molecule has 0 aliphatic carbocycles. The fourth-order valence-electron chi connectivity index (χ4n) is 1.34. The Morgan fingerprint density at radius 1 is 1.47 bits per heavy atom. The van der Waals surface area contributed by atoms with Crippen LogP contribution in [0.5, 0.6) is 6.01 Å². The van der Waals surface area contributed by atoms with Crippen molar-refractivity contribution < 1.29 is 9.94 Å². The summed E-state index contributed by atoms with van der Waals surface area (Å²) in [6.45, 7) is 2.19. The number of aromatic hydroxyl groups is 1. The minimum atomic E-state index is -0.447. The van der Waals surface area contributed by atoms with Crippen molar-refractivity contribution in [1.29, 1.82) is 0 Å². The molecule has 9 nitrogen and oxygen atoms in total. The van der Waals surface area contributed by atoms with Gasteiger partial charge >= 0.3 is 0 Å². The molecule has 0 saturated carbocycles. The average molecular weight is 240 g/mol. The smallest absolute Gasteiger partial charge is 0.293 e. The van der Waals surface area contributed by atoms with Crippen LogP contribution in [0.4, 0.5) is 5.95 Å². The van der Waals surface area contributed by atoms with Gasteiger partial charge in [0.05, 0.1) is 6.61 Å². The maximum absolute atomic E-state index is 11.6. The Hall–Kier alpha value is -2.13. The van der Waals surface area contributed by atoms with Gasteiger partial charge in [-0.25, -0.2) is 5.43 Å². The number of hydrogen-bond acceptors (Lipinski definition) is 7. The van der Waals surface area contributed by atoms with E-state index in [1.54, 1.807) is 14.0 Å². The van der Waals surface area contributed by atoms with E-state index in [0.29, 0.717) is 6.61 Å². The van der Waals surface area contributed by atoms with Crippen molar-refractivity contribution in [3.8, 4) is 6.01 Å². The first-order chi connectivity index (χ1) is 8.15. The molecule has 0 fully saturated rings. The van der Waals surface area contributed by atoms with Crippen LogP contribution in [0.2, 0.25) is 0 Å². The first-order valence-corrected chi connectivity index (χ1v) is 4.95. The van der Waals surface area contributed by atoms with Crippen LogP contribution < -0.4 is 16.2 Å². The molecular weight excluding hydrogens is 228 g/mol. The third-order valence-electron chi connectivity index (χ3n) is 1.99. The SMILES string of the molecule is CCON(NC)c1nc2nc(O)[nH]c2c(=O)[nH]1. The van der Waals surface area contributed by atoms with E-state index in [1.807, 2.05) is 0 Å². The van der Waals surface area contributed by atoms with Gasteiger partial charge in [-0.05, 0) is 6.92 Å². The van der Waals surface area contributed by atoms with Crippen LogP contribution in [0.15, 0.2) is 4.79 Å². The van der Waals surface area contributed by atoms with E-state index in [1.165, 1.54) is 5.17 Å². The average Bonchev–Trinajstić information content (AvgIpc) is 2.67. The first-order valence-electron chi connectivity index (χ1n) is 4.95. The van der Waals surface area contributed by atoms with Gasteiger partial charge < -0.3 is 10.1 Å². The maximum Gasteiger partial charge on any atom is 0.293 e. The lowest BCUT2D eigenvalue weighted by molar-refractivity contribution is 0.0944. The predicted molar refractivity (Wildman–Crippen MR) is 59.3 cm³/mol. The zero-order valence-electron chi connectivity index (χ0n) is 9.31. The van der Waals surface area contributed by atoms with Gasteiger partial charge in [0.1, 0.15) is 0 Å². The molecule has 2 aromatic heterocycles. The van der Waals surface area contributed by atoms with E-state index < -0.39 is 5.56 Å². The molecule has 0 aromatic carbocycles.